The van der Waals surface area contributed by atoms with Crippen molar-refractivity contribution in [1.29, 1.82) is 0 Å². The summed E-state index contributed by atoms with van der Waals surface area (Å²) in [7, 11) is 3.31. The number of methoxy groups -OCH3 is 2. The van der Waals surface area contributed by atoms with Gasteiger partial charge in [-0.15, -0.1) is 0 Å². The lowest BCUT2D eigenvalue weighted by Gasteiger charge is -2.35. The molecule has 0 radical (unpaired) electrons. The van der Waals surface area contributed by atoms with Gasteiger partial charge in [0.25, 0.3) is 0 Å². The van der Waals surface area contributed by atoms with Crippen LogP contribution in [0.15, 0.2) is 23.2 Å². The van der Waals surface area contributed by atoms with Crippen LogP contribution < -0.4 is 20.1 Å². The van der Waals surface area contributed by atoms with Gasteiger partial charge in [-0.2, -0.15) is 0 Å². The van der Waals surface area contributed by atoms with Crippen molar-refractivity contribution in [3.8, 4) is 11.5 Å². The smallest absolute Gasteiger partial charge is 0.191 e. The summed E-state index contributed by atoms with van der Waals surface area (Å²) in [6.45, 7) is 7.12. The molecule has 3 rings (SSSR count). The monoisotopic (exact) mass is 434 g/mol. The third kappa shape index (κ3) is 6.48. The van der Waals surface area contributed by atoms with Crippen LogP contribution in [0.5, 0.6) is 11.5 Å². The molecule has 1 aliphatic carbocycles. The fraction of sp³-hybridized carbons (Fsp3) is 0.696. The zero-order valence-electron chi connectivity index (χ0n) is 19.2. The molecule has 1 saturated heterocycles. The van der Waals surface area contributed by atoms with Gasteiger partial charge in [-0.25, -0.2) is 0 Å². The van der Waals surface area contributed by atoms with Crippen molar-refractivity contribution in [3.63, 3.8) is 0 Å². The zero-order chi connectivity index (χ0) is 22.1. The van der Waals surface area contributed by atoms with Crippen molar-refractivity contribution in [2.45, 2.75) is 44.2 Å². The molecule has 0 aromatic heterocycles. The Balaban J connectivity index is 1.75. The molecule has 1 aromatic rings. The first-order valence-electron chi connectivity index (χ1n) is 11.4. The first kappa shape index (κ1) is 23.6. The molecule has 1 unspecified atom stereocenters. The molecule has 1 aliphatic heterocycles. The van der Waals surface area contributed by atoms with Crippen molar-refractivity contribution < 1.29 is 19.3 Å². The third-order valence-corrected chi connectivity index (χ3v) is 6.15. The van der Waals surface area contributed by atoms with Gasteiger partial charge in [0, 0.05) is 26.2 Å². The van der Waals surface area contributed by atoms with E-state index in [0.717, 1.165) is 81.6 Å². The fourth-order valence-electron chi connectivity index (χ4n) is 4.36. The maximum Gasteiger partial charge on any atom is 0.191 e. The Morgan fingerprint density at radius 3 is 2.52 bits per heavy atom. The number of aliphatic imine (C=N–C) groups is 1. The normalized spacial score (nSPS) is 20.3. The molecule has 8 heteroatoms. The van der Waals surface area contributed by atoms with E-state index in [9.17, 15) is 5.11 Å². The van der Waals surface area contributed by atoms with Gasteiger partial charge >= 0.3 is 0 Å². The van der Waals surface area contributed by atoms with E-state index in [-0.39, 0.29) is 6.04 Å². The van der Waals surface area contributed by atoms with E-state index < -0.39 is 5.60 Å². The minimum atomic E-state index is -0.657. The topological polar surface area (TPSA) is 87.6 Å². The van der Waals surface area contributed by atoms with E-state index in [0.29, 0.717) is 13.1 Å². The molecule has 8 nitrogen and oxygen atoms in total. The molecule has 1 atom stereocenters. The number of nitrogens with one attached hydrogen (secondary N) is 2. The number of rotatable bonds is 9. The summed E-state index contributed by atoms with van der Waals surface area (Å²) in [4.78, 5) is 7.12. The summed E-state index contributed by atoms with van der Waals surface area (Å²) in [5, 5.41) is 17.5. The summed E-state index contributed by atoms with van der Waals surface area (Å²) in [6.07, 6.45) is 3.82. The van der Waals surface area contributed by atoms with Gasteiger partial charge in [0.2, 0.25) is 0 Å². The molecule has 1 saturated carbocycles. The second kappa shape index (κ2) is 11.5. The van der Waals surface area contributed by atoms with Gasteiger partial charge in [0.15, 0.2) is 17.5 Å². The van der Waals surface area contributed by atoms with Crippen LogP contribution in [-0.4, -0.2) is 81.7 Å². The van der Waals surface area contributed by atoms with E-state index in [2.05, 4.69) is 28.5 Å². The van der Waals surface area contributed by atoms with Gasteiger partial charge in [-0.05, 0) is 37.5 Å². The molecule has 0 spiro atoms. The molecule has 2 fully saturated rings. The number of ether oxygens (including phenoxy) is 3. The Bertz CT molecular complexity index is 716. The average Bonchev–Trinajstić information content (AvgIpc) is 3.24. The minimum absolute atomic E-state index is 0.127. The fourth-order valence-corrected chi connectivity index (χ4v) is 4.36. The van der Waals surface area contributed by atoms with Gasteiger partial charge < -0.3 is 30.0 Å². The van der Waals surface area contributed by atoms with Gasteiger partial charge in [0.1, 0.15) is 0 Å². The molecule has 1 aromatic carbocycles. The van der Waals surface area contributed by atoms with Crippen LogP contribution in [0.1, 0.15) is 44.2 Å². The molecule has 0 amide bonds. The van der Waals surface area contributed by atoms with Crippen molar-refractivity contribution >= 4 is 5.96 Å². The molecule has 174 valence electrons. The van der Waals surface area contributed by atoms with Crippen LogP contribution in [0.3, 0.4) is 0 Å². The van der Waals surface area contributed by atoms with Crippen molar-refractivity contribution in [3.05, 3.63) is 23.8 Å². The Hall–Kier alpha value is -2.03. The van der Waals surface area contributed by atoms with E-state index in [1.54, 1.807) is 14.2 Å². The number of aliphatic hydroxyl groups is 1. The quantitative estimate of drug-likeness (QED) is 0.404. The Labute approximate surface area is 186 Å². The highest BCUT2D eigenvalue weighted by Crippen LogP contribution is 2.32. The Morgan fingerprint density at radius 2 is 1.87 bits per heavy atom. The van der Waals surface area contributed by atoms with E-state index in [1.807, 2.05) is 12.1 Å². The Kier molecular flexibility index (Phi) is 8.80. The third-order valence-electron chi connectivity index (χ3n) is 6.15. The zero-order valence-corrected chi connectivity index (χ0v) is 19.2. The highest BCUT2D eigenvalue weighted by molar-refractivity contribution is 5.79. The average molecular weight is 435 g/mol. The molecular formula is C23H38N4O4. The summed E-state index contributed by atoms with van der Waals surface area (Å²) in [5.41, 5.74) is 0.493. The summed E-state index contributed by atoms with van der Waals surface area (Å²) in [6, 6.07) is 6.22. The van der Waals surface area contributed by atoms with E-state index >= 15 is 0 Å². The predicted molar refractivity (Wildman–Crippen MR) is 122 cm³/mol. The maximum absolute atomic E-state index is 10.7. The van der Waals surface area contributed by atoms with Gasteiger partial charge in [-0.1, -0.05) is 18.9 Å². The van der Waals surface area contributed by atoms with Gasteiger partial charge in [-0.3, -0.25) is 9.89 Å². The SMILES string of the molecule is CCNC(=NCC1(O)CCCC1)NCC(c1ccc(OC)c(OC)c1)N1CCOCC1. The number of hydrogen-bond acceptors (Lipinski definition) is 6. The van der Waals surface area contributed by atoms with Crippen molar-refractivity contribution in [1.82, 2.24) is 15.5 Å². The van der Waals surface area contributed by atoms with Crippen LogP contribution >= 0.6 is 0 Å². The highest BCUT2D eigenvalue weighted by atomic mass is 16.5. The van der Waals surface area contributed by atoms with Crippen LogP contribution in [0.2, 0.25) is 0 Å². The second-order valence-corrected chi connectivity index (χ2v) is 8.29. The molecule has 1 heterocycles. The lowest BCUT2D eigenvalue weighted by Crippen LogP contribution is -2.46. The van der Waals surface area contributed by atoms with Crippen LogP contribution in [0, 0.1) is 0 Å². The van der Waals surface area contributed by atoms with Crippen LogP contribution in [0.25, 0.3) is 0 Å². The number of benzene rings is 1. The van der Waals surface area contributed by atoms with Crippen molar-refractivity contribution in [2.24, 2.45) is 4.99 Å². The van der Waals surface area contributed by atoms with Crippen LogP contribution in [0.4, 0.5) is 0 Å². The Morgan fingerprint density at radius 1 is 1.16 bits per heavy atom. The first-order chi connectivity index (χ1) is 15.1. The summed E-state index contributed by atoms with van der Waals surface area (Å²) in [5.74, 6) is 2.18. The predicted octanol–water partition coefficient (Wildman–Crippen LogP) is 1.94. The summed E-state index contributed by atoms with van der Waals surface area (Å²) < 4.78 is 16.5. The largest absolute Gasteiger partial charge is 0.493 e. The first-order valence-corrected chi connectivity index (χ1v) is 11.4. The number of morpholine rings is 1. The van der Waals surface area contributed by atoms with E-state index in [1.165, 1.54) is 0 Å². The van der Waals surface area contributed by atoms with Crippen LogP contribution in [-0.2, 0) is 4.74 Å². The number of hydrogen-bond donors (Lipinski definition) is 3. The maximum atomic E-state index is 10.7. The molecule has 31 heavy (non-hydrogen) atoms. The molecule has 0 bridgehead atoms. The van der Waals surface area contributed by atoms with E-state index in [4.69, 9.17) is 19.2 Å². The molecule has 3 N–H and O–H groups in total. The summed E-state index contributed by atoms with van der Waals surface area (Å²) >= 11 is 0. The standard InChI is InChI=1S/C23H38N4O4/c1-4-24-22(26-17-23(28)9-5-6-10-23)25-16-19(27-11-13-31-14-12-27)18-7-8-20(29-2)21(15-18)30-3/h7-8,15,19,28H,4-6,9-14,16-17H2,1-3H3,(H2,24,25,26). The molecule has 2 aliphatic rings. The number of nitrogens with zero attached hydrogens (tertiary/aromatic N) is 2. The highest BCUT2D eigenvalue weighted by Gasteiger charge is 2.31. The molecular weight excluding hydrogens is 396 g/mol. The lowest BCUT2D eigenvalue weighted by molar-refractivity contribution is 0.0169. The minimum Gasteiger partial charge on any atom is -0.493 e. The number of guanidine groups is 1. The van der Waals surface area contributed by atoms with Gasteiger partial charge in [0.05, 0.1) is 45.6 Å². The van der Waals surface area contributed by atoms with Crippen molar-refractivity contribution in [2.75, 3.05) is 60.2 Å². The second-order valence-electron chi connectivity index (χ2n) is 8.29. The lowest BCUT2D eigenvalue weighted by atomic mass is 10.0.